The number of hydrogen-bond acceptors (Lipinski definition) is 4. The average molecular weight is 299 g/mol. The summed E-state index contributed by atoms with van der Waals surface area (Å²) in [5.41, 5.74) is 4.98. The van der Waals surface area contributed by atoms with Crippen molar-refractivity contribution >= 4 is 21.6 Å². The standard InChI is InChI=1S/C13H21N3O3S/c1-9(2)16-20(18,19)11-7-5-10(6-8-11)15-13(3,4)12(14)17/h5-9,15-16H,1-4H3,(H2,14,17). The molecule has 0 atom stereocenters. The van der Waals surface area contributed by atoms with E-state index in [0.717, 1.165) is 0 Å². The Bertz CT molecular complexity index is 577. The van der Waals surface area contributed by atoms with Gasteiger partial charge in [0, 0.05) is 11.7 Å². The molecule has 0 saturated heterocycles. The third-order valence-electron chi connectivity index (χ3n) is 2.63. The molecular weight excluding hydrogens is 278 g/mol. The highest BCUT2D eigenvalue weighted by atomic mass is 32.2. The molecule has 0 heterocycles. The van der Waals surface area contributed by atoms with Gasteiger partial charge in [0.25, 0.3) is 0 Å². The topological polar surface area (TPSA) is 101 Å². The summed E-state index contributed by atoms with van der Waals surface area (Å²) in [5.74, 6) is -0.490. The molecule has 0 aliphatic carbocycles. The van der Waals surface area contributed by atoms with Gasteiger partial charge in [-0.3, -0.25) is 4.79 Å². The van der Waals surface area contributed by atoms with Crippen molar-refractivity contribution in [1.82, 2.24) is 4.72 Å². The largest absolute Gasteiger partial charge is 0.372 e. The first-order chi connectivity index (χ1) is 9.04. The van der Waals surface area contributed by atoms with Crippen LogP contribution in [0, 0.1) is 0 Å². The zero-order chi connectivity index (χ0) is 15.6. The van der Waals surface area contributed by atoms with Crippen LogP contribution >= 0.6 is 0 Å². The fraction of sp³-hybridized carbons (Fsp3) is 0.462. The van der Waals surface area contributed by atoms with E-state index in [0.29, 0.717) is 5.69 Å². The zero-order valence-electron chi connectivity index (χ0n) is 12.1. The van der Waals surface area contributed by atoms with Crippen LogP contribution in [0.1, 0.15) is 27.7 Å². The molecule has 0 unspecified atom stereocenters. The monoisotopic (exact) mass is 299 g/mol. The van der Waals surface area contributed by atoms with Crippen molar-refractivity contribution in [3.8, 4) is 0 Å². The molecule has 20 heavy (non-hydrogen) atoms. The Kier molecular flexibility index (Phi) is 4.77. The van der Waals surface area contributed by atoms with E-state index in [2.05, 4.69) is 10.0 Å². The van der Waals surface area contributed by atoms with Gasteiger partial charge in [-0.15, -0.1) is 0 Å². The van der Waals surface area contributed by atoms with Crippen molar-refractivity contribution in [2.75, 3.05) is 5.32 Å². The Balaban J connectivity index is 2.93. The van der Waals surface area contributed by atoms with E-state index in [-0.39, 0.29) is 10.9 Å². The lowest BCUT2D eigenvalue weighted by atomic mass is 10.0. The highest BCUT2D eigenvalue weighted by Gasteiger charge is 2.24. The van der Waals surface area contributed by atoms with E-state index in [9.17, 15) is 13.2 Å². The van der Waals surface area contributed by atoms with Crippen molar-refractivity contribution in [2.24, 2.45) is 5.73 Å². The molecule has 0 radical (unpaired) electrons. The summed E-state index contributed by atoms with van der Waals surface area (Å²) in [6, 6.07) is 5.97. The van der Waals surface area contributed by atoms with Crippen LogP contribution in [0.15, 0.2) is 29.2 Å². The Morgan fingerprint density at radius 3 is 2.10 bits per heavy atom. The molecule has 1 rings (SSSR count). The van der Waals surface area contributed by atoms with Crippen LogP contribution in [0.3, 0.4) is 0 Å². The van der Waals surface area contributed by atoms with Crippen LogP contribution in [-0.4, -0.2) is 25.9 Å². The van der Waals surface area contributed by atoms with Crippen molar-refractivity contribution < 1.29 is 13.2 Å². The number of nitrogens with one attached hydrogen (secondary N) is 2. The summed E-state index contributed by atoms with van der Waals surface area (Å²) >= 11 is 0. The number of benzene rings is 1. The van der Waals surface area contributed by atoms with Gasteiger partial charge in [0.1, 0.15) is 5.54 Å². The maximum atomic E-state index is 11.9. The van der Waals surface area contributed by atoms with E-state index in [4.69, 9.17) is 5.73 Å². The lowest BCUT2D eigenvalue weighted by Gasteiger charge is -2.23. The summed E-state index contributed by atoms with van der Waals surface area (Å²) in [7, 11) is -3.51. The van der Waals surface area contributed by atoms with Crippen molar-refractivity contribution in [3.63, 3.8) is 0 Å². The number of sulfonamides is 1. The molecule has 0 spiro atoms. The van der Waals surface area contributed by atoms with Crippen molar-refractivity contribution in [1.29, 1.82) is 0 Å². The fourth-order valence-corrected chi connectivity index (χ4v) is 2.77. The number of carbonyl (C=O) groups excluding carboxylic acids is 1. The molecule has 1 aromatic carbocycles. The Hall–Kier alpha value is -1.60. The maximum absolute atomic E-state index is 11.9. The van der Waals surface area contributed by atoms with E-state index in [1.165, 1.54) is 12.1 Å². The van der Waals surface area contributed by atoms with Crippen LogP contribution in [0.4, 0.5) is 5.69 Å². The van der Waals surface area contributed by atoms with Crippen LogP contribution in [0.25, 0.3) is 0 Å². The molecule has 0 aliphatic heterocycles. The van der Waals surface area contributed by atoms with Gasteiger partial charge in [-0.25, -0.2) is 13.1 Å². The van der Waals surface area contributed by atoms with Gasteiger partial charge < -0.3 is 11.1 Å². The predicted molar refractivity (Wildman–Crippen MR) is 78.8 cm³/mol. The van der Waals surface area contributed by atoms with E-state index >= 15 is 0 Å². The summed E-state index contributed by atoms with van der Waals surface area (Å²) < 4.78 is 26.4. The number of rotatable bonds is 6. The van der Waals surface area contributed by atoms with E-state index in [1.54, 1.807) is 39.8 Å². The molecule has 0 fully saturated rings. The number of carbonyl (C=O) groups is 1. The lowest BCUT2D eigenvalue weighted by molar-refractivity contribution is -0.121. The number of hydrogen-bond donors (Lipinski definition) is 3. The molecule has 0 bridgehead atoms. The minimum Gasteiger partial charge on any atom is -0.372 e. The number of amides is 1. The van der Waals surface area contributed by atoms with E-state index in [1.807, 2.05) is 0 Å². The molecule has 0 saturated carbocycles. The average Bonchev–Trinajstić information content (AvgIpc) is 2.27. The molecule has 1 amide bonds. The quantitative estimate of drug-likeness (QED) is 0.730. The number of primary amides is 1. The van der Waals surface area contributed by atoms with Gasteiger partial charge in [-0.1, -0.05) is 0 Å². The van der Waals surface area contributed by atoms with Crippen LogP contribution in [-0.2, 0) is 14.8 Å². The zero-order valence-corrected chi connectivity index (χ0v) is 12.9. The Labute approximate surface area is 119 Å². The van der Waals surface area contributed by atoms with Gasteiger partial charge in [-0.05, 0) is 52.0 Å². The molecule has 112 valence electrons. The summed E-state index contributed by atoms with van der Waals surface area (Å²) in [6.45, 7) is 6.81. The second-order valence-corrected chi connectivity index (χ2v) is 7.13. The Morgan fingerprint density at radius 2 is 1.70 bits per heavy atom. The first-order valence-electron chi connectivity index (χ1n) is 6.25. The highest BCUT2D eigenvalue weighted by molar-refractivity contribution is 7.89. The normalized spacial score (nSPS) is 12.4. The van der Waals surface area contributed by atoms with Gasteiger partial charge >= 0.3 is 0 Å². The smallest absolute Gasteiger partial charge is 0.242 e. The summed E-state index contributed by atoms with van der Waals surface area (Å²) in [5, 5.41) is 2.95. The van der Waals surface area contributed by atoms with Gasteiger partial charge in [0.15, 0.2) is 0 Å². The first kappa shape index (κ1) is 16.5. The van der Waals surface area contributed by atoms with Crippen molar-refractivity contribution in [2.45, 2.75) is 44.2 Å². The van der Waals surface area contributed by atoms with Crippen LogP contribution < -0.4 is 15.8 Å². The molecule has 0 aromatic heterocycles. The second kappa shape index (κ2) is 5.80. The van der Waals surface area contributed by atoms with Crippen LogP contribution in [0.5, 0.6) is 0 Å². The summed E-state index contributed by atoms with van der Waals surface area (Å²) in [6.07, 6.45) is 0. The highest BCUT2D eigenvalue weighted by Crippen LogP contribution is 2.18. The third-order valence-corrected chi connectivity index (χ3v) is 4.30. The molecule has 6 nitrogen and oxygen atoms in total. The predicted octanol–water partition coefficient (Wildman–Crippen LogP) is 1.05. The molecule has 0 aliphatic rings. The SMILES string of the molecule is CC(C)NS(=O)(=O)c1ccc(NC(C)(C)C(N)=O)cc1. The van der Waals surface area contributed by atoms with Crippen molar-refractivity contribution in [3.05, 3.63) is 24.3 Å². The van der Waals surface area contributed by atoms with Gasteiger partial charge in [-0.2, -0.15) is 0 Å². The third kappa shape index (κ3) is 4.21. The number of anilines is 1. The van der Waals surface area contributed by atoms with Crippen LogP contribution in [0.2, 0.25) is 0 Å². The van der Waals surface area contributed by atoms with E-state index < -0.39 is 21.5 Å². The molecule has 1 aromatic rings. The number of nitrogens with two attached hydrogens (primary N) is 1. The lowest BCUT2D eigenvalue weighted by Crippen LogP contribution is -2.45. The van der Waals surface area contributed by atoms with Gasteiger partial charge in [0.2, 0.25) is 15.9 Å². The molecular formula is C13H21N3O3S. The fourth-order valence-electron chi connectivity index (χ4n) is 1.52. The molecule has 4 N–H and O–H groups in total. The van der Waals surface area contributed by atoms with Gasteiger partial charge in [0.05, 0.1) is 4.90 Å². The minimum atomic E-state index is -3.51. The second-order valence-electron chi connectivity index (χ2n) is 5.41. The summed E-state index contributed by atoms with van der Waals surface area (Å²) in [4.78, 5) is 11.4. The maximum Gasteiger partial charge on any atom is 0.242 e. The molecule has 7 heteroatoms. The first-order valence-corrected chi connectivity index (χ1v) is 7.73. The Morgan fingerprint density at radius 1 is 1.20 bits per heavy atom. The minimum absolute atomic E-state index is 0.174.